The van der Waals surface area contributed by atoms with Crippen molar-refractivity contribution < 1.29 is 18.3 Å². The van der Waals surface area contributed by atoms with E-state index < -0.39 is 0 Å². The van der Waals surface area contributed by atoms with Crippen LogP contribution in [0.15, 0.2) is 70.5 Å². The molecule has 31 heavy (non-hydrogen) atoms. The van der Waals surface area contributed by atoms with Crippen LogP contribution in [-0.4, -0.2) is 18.0 Å². The maximum atomic E-state index is 13.5. The summed E-state index contributed by atoms with van der Waals surface area (Å²) in [6.45, 7) is 0. The molecule has 2 aromatic heterocycles. The summed E-state index contributed by atoms with van der Waals surface area (Å²) in [5.74, 6) is -0.00366. The Hall–Kier alpha value is -3.71. The lowest BCUT2D eigenvalue weighted by Crippen LogP contribution is -2.15. The summed E-state index contributed by atoms with van der Waals surface area (Å²) in [4.78, 5) is 17.1. The zero-order valence-electron chi connectivity index (χ0n) is 16.5. The van der Waals surface area contributed by atoms with Crippen molar-refractivity contribution in [3.05, 3.63) is 77.6 Å². The van der Waals surface area contributed by atoms with E-state index in [9.17, 15) is 9.18 Å². The number of thiazole rings is 1. The van der Waals surface area contributed by atoms with Gasteiger partial charge in [-0.2, -0.15) is 0 Å². The lowest BCUT2D eigenvalue weighted by Gasteiger charge is -2.10. The number of methoxy groups -OCH3 is 1. The van der Waals surface area contributed by atoms with Crippen LogP contribution in [0.3, 0.4) is 0 Å². The van der Waals surface area contributed by atoms with Crippen molar-refractivity contribution in [2.45, 2.75) is 6.42 Å². The number of aromatic nitrogens is 1. The molecule has 0 spiro atoms. The van der Waals surface area contributed by atoms with Crippen LogP contribution in [0.2, 0.25) is 0 Å². The molecule has 0 aliphatic rings. The molecule has 0 atom stereocenters. The van der Waals surface area contributed by atoms with Crippen LogP contribution in [0.5, 0.6) is 5.75 Å². The molecule has 0 fully saturated rings. The highest BCUT2D eigenvalue weighted by atomic mass is 32.1. The summed E-state index contributed by atoms with van der Waals surface area (Å²) >= 11 is 1.37. The second-order valence-electron chi connectivity index (χ2n) is 7.03. The van der Waals surface area contributed by atoms with Gasteiger partial charge in [-0.05, 0) is 24.3 Å². The Morgan fingerprint density at radius 1 is 1.10 bits per heavy atom. The minimum absolute atomic E-state index is 0.0904. The molecule has 0 bridgehead atoms. The van der Waals surface area contributed by atoms with Crippen molar-refractivity contribution in [2.24, 2.45) is 0 Å². The lowest BCUT2D eigenvalue weighted by atomic mass is 10.1. The van der Waals surface area contributed by atoms with E-state index in [1.54, 1.807) is 30.7 Å². The van der Waals surface area contributed by atoms with Crippen molar-refractivity contribution in [1.29, 1.82) is 0 Å². The van der Waals surface area contributed by atoms with Crippen molar-refractivity contribution in [2.75, 3.05) is 12.4 Å². The average Bonchev–Trinajstić information content (AvgIpc) is 3.37. The molecule has 1 N–H and O–H groups in total. The number of anilines is 1. The van der Waals surface area contributed by atoms with Gasteiger partial charge in [-0.1, -0.05) is 30.3 Å². The maximum Gasteiger partial charge on any atom is 0.230 e. The van der Waals surface area contributed by atoms with Crippen LogP contribution < -0.4 is 10.1 Å². The molecule has 7 heteroatoms. The van der Waals surface area contributed by atoms with Gasteiger partial charge >= 0.3 is 0 Å². The molecule has 5 aromatic rings. The quantitative estimate of drug-likeness (QED) is 0.368. The van der Waals surface area contributed by atoms with Gasteiger partial charge in [0.25, 0.3) is 0 Å². The van der Waals surface area contributed by atoms with Gasteiger partial charge in [-0.15, -0.1) is 11.3 Å². The molecule has 2 heterocycles. The predicted molar refractivity (Wildman–Crippen MR) is 120 cm³/mol. The molecule has 5 rings (SSSR count). The molecule has 5 nitrogen and oxygen atoms in total. The first-order chi connectivity index (χ1) is 15.1. The van der Waals surface area contributed by atoms with E-state index in [0.29, 0.717) is 33.3 Å². The maximum absolute atomic E-state index is 13.5. The van der Waals surface area contributed by atoms with E-state index in [1.165, 1.54) is 23.5 Å². The minimum Gasteiger partial charge on any atom is -0.495 e. The first-order valence-corrected chi connectivity index (χ1v) is 10.5. The second-order valence-corrected chi connectivity index (χ2v) is 7.88. The number of halogens is 1. The zero-order chi connectivity index (χ0) is 21.4. The van der Waals surface area contributed by atoms with E-state index in [1.807, 2.05) is 30.3 Å². The Bertz CT molecular complexity index is 1420. The van der Waals surface area contributed by atoms with Crippen molar-refractivity contribution in [3.63, 3.8) is 0 Å². The highest BCUT2D eigenvalue weighted by Crippen LogP contribution is 2.36. The topological polar surface area (TPSA) is 64.4 Å². The summed E-state index contributed by atoms with van der Waals surface area (Å²) in [6, 6.07) is 17.6. The molecule has 0 radical (unpaired) electrons. The standard InChI is InChI=1S/C24H17FN2O3S/c1-29-22-11-18-17-7-2-3-8-20(17)30-21(18)12-19(22)27-23(28)10-16-13-31-24(26-16)14-5-4-6-15(25)9-14/h2-9,11-13H,10H2,1H3,(H,27,28). The number of carbonyl (C=O) groups excluding carboxylic acids is 1. The molecular formula is C24H17FN2O3S. The summed E-state index contributed by atoms with van der Waals surface area (Å²) in [5, 5.41) is 7.27. The summed E-state index contributed by atoms with van der Waals surface area (Å²) in [7, 11) is 1.56. The van der Waals surface area contributed by atoms with Crippen LogP contribution in [0.1, 0.15) is 5.69 Å². The number of hydrogen-bond donors (Lipinski definition) is 1. The van der Waals surface area contributed by atoms with E-state index >= 15 is 0 Å². The molecule has 0 saturated heterocycles. The van der Waals surface area contributed by atoms with E-state index in [0.717, 1.165) is 16.4 Å². The Morgan fingerprint density at radius 2 is 1.97 bits per heavy atom. The van der Waals surface area contributed by atoms with Crippen LogP contribution in [0.25, 0.3) is 32.5 Å². The third-order valence-electron chi connectivity index (χ3n) is 4.94. The van der Waals surface area contributed by atoms with Crippen molar-refractivity contribution in [3.8, 4) is 16.3 Å². The van der Waals surface area contributed by atoms with E-state index in [-0.39, 0.29) is 18.1 Å². The third kappa shape index (κ3) is 3.75. The molecule has 0 aliphatic carbocycles. The largest absolute Gasteiger partial charge is 0.495 e. The van der Waals surface area contributed by atoms with Gasteiger partial charge < -0.3 is 14.5 Å². The number of benzene rings is 3. The van der Waals surface area contributed by atoms with E-state index in [2.05, 4.69) is 10.3 Å². The number of furan rings is 1. The van der Waals surface area contributed by atoms with Crippen molar-refractivity contribution >= 4 is 44.9 Å². The molecular weight excluding hydrogens is 415 g/mol. The average molecular weight is 432 g/mol. The Morgan fingerprint density at radius 3 is 2.81 bits per heavy atom. The first kappa shape index (κ1) is 19.3. The Labute approximate surface area is 181 Å². The summed E-state index contributed by atoms with van der Waals surface area (Å²) in [6.07, 6.45) is 0.0904. The Kier molecular flexibility index (Phi) is 4.88. The fourth-order valence-electron chi connectivity index (χ4n) is 3.52. The number of para-hydroxylation sites is 1. The SMILES string of the molecule is COc1cc2c(cc1NC(=O)Cc1csc(-c3cccc(F)c3)n1)oc1ccccc12. The number of fused-ring (bicyclic) bond motifs is 3. The third-order valence-corrected chi connectivity index (χ3v) is 5.88. The molecule has 1 amide bonds. The Balaban J connectivity index is 1.38. The van der Waals surface area contributed by atoms with Gasteiger partial charge in [-0.3, -0.25) is 4.79 Å². The number of ether oxygens (including phenoxy) is 1. The number of carbonyl (C=O) groups is 1. The van der Waals surface area contributed by atoms with Gasteiger partial charge in [0.15, 0.2) is 0 Å². The fourth-order valence-corrected chi connectivity index (χ4v) is 4.34. The van der Waals surface area contributed by atoms with Gasteiger partial charge in [-0.25, -0.2) is 9.37 Å². The molecule has 0 saturated carbocycles. The minimum atomic E-state index is -0.319. The molecule has 0 unspecified atom stereocenters. The highest BCUT2D eigenvalue weighted by molar-refractivity contribution is 7.13. The van der Waals surface area contributed by atoms with Crippen LogP contribution in [0, 0.1) is 5.82 Å². The number of nitrogens with zero attached hydrogens (tertiary/aromatic N) is 1. The fraction of sp³-hybridized carbons (Fsp3) is 0.0833. The van der Waals surface area contributed by atoms with Gasteiger partial charge in [0.1, 0.15) is 27.7 Å². The van der Waals surface area contributed by atoms with Gasteiger partial charge in [0.2, 0.25) is 5.91 Å². The highest BCUT2D eigenvalue weighted by Gasteiger charge is 2.15. The zero-order valence-corrected chi connectivity index (χ0v) is 17.3. The van der Waals surface area contributed by atoms with Gasteiger partial charge in [0, 0.05) is 27.8 Å². The van der Waals surface area contributed by atoms with Gasteiger partial charge in [0.05, 0.1) is 24.9 Å². The summed E-state index contributed by atoms with van der Waals surface area (Å²) in [5.41, 5.74) is 3.27. The monoisotopic (exact) mass is 432 g/mol. The second kappa shape index (κ2) is 7.85. The number of rotatable bonds is 5. The summed E-state index contributed by atoms with van der Waals surface area (Å²) < 4.78 is 24.9. The molecule has 3 aromatic carbocycles. The molecule has 154 valence electrons. The molecule has 0 aliphatic heterocycles. The van der Waals surface area contributed by atoms with Crippen LogP contribution in [0.4, 0.5) is 10.1 Å². The lowest BCUT2D eigenvalue weighted by molar-refractivity contribution is -0.115. The number of hydrogen-bond acceptors (Lipinski definition) is 5. The normalized spacial score (nSPS) is 11.2. The van der Waals surface area contributed by atoms with Crippen LogP contribution in [-0.2, 0) is 11.2 Å². The smallest absolute Gasteiger partial charge is 0.230 e. The van der Waals surface area contributed by atoms with Crippen LogP contribution >= 0.6 is 11.3 Å². The first-order valence-electron chi connectivity index (χ1n) is 9.60. The van der Waals surface area contributed by atoms with Crippen molar-refractivity contribution in [1.82, 2.24) is 4.98 Å². The number of amides is 1. The number of nitrogens with one attached hydrogen (secondary N) is 1. The van der Waals surface area contributed by atoms with E-state index in [4.69, 9.17) is 9.15 Å². The predicted octanol–water partition coefficient (Wildman–Crippen LogP) is 6.04.